The molecule has 0 aromatic heterocycles. The molecule has 3 saturated carbocycles. The van der Waals surface area contributed by atoms with Crippen LogP contribution in [0.4, 0.5) is 0 Å². The first-order chi connectivity index (χ1) is 8.85. The quantitative estimate of drug-likeness (QED) is 0.580. The number of nitrogens with one attached hydrogen (secondary N) is 2. The molecule has 3 fully saturated rings. The summed E-state index contributed by atoms with van der Waals surface area (Å²) in [6.45, 7) is 4.11. The van der Waals surface area contributed by atoms with Gasteiger partial charge in [-0.15, -0.1) is 0 Å². The molecule has 3 unspecified atom stereocenters. The van der Waals surface area contributed by atoms with Crippen molar-refractivity contribution in [2.45, 2.75) is 57.9 Å². The van der Waals surface area contributed by atoms with Crippen molar-refractivity contribution in [3.8, 4) is 0 Å². The maximum absolute atomic E-state index is 4.74. The summed E-state index contributed by atoms with van der Waals surface area (Å²) in [5.74, 6) is 4.14. The minimum absolute atomic E-state index is 0.699. The molecule has 3 heteroatoms. The molecule has 0 radical (unpaired) electrons. The first-order valence-electron chi connectivity index (χ1n) is 7.90. The second-order valence-corrected chi connectivity index (χ2v) is 6.40. The molecule has 3 atom stereocenters. The van der Waals surface area contributed by atoms with Crippen LogP contribution in [-0.2, 0) is 0 Å². The molecule has 102 valence electrons. The zero-order chi connectivity index (χ0) is 12.4. The van der Waals surface area contributed by atoms with Gasteiger partial charge in [0.2, 0.25) is 0 Å². The second kappa shape index (κ2) is 5.50. The van der Waals surface area contributed by atoms with Gasteiger partial charge in [0.15, 0.2) is 5.96 Å². The molecule has 3 aliphatic rings. The minimum atomic E-state index is 0.699. The van der Waals surface area contributed by atoms with Crippen molar-refractivity contribution >= 4 is 5.96 Å². The molecule has 3 nitrogen and oxygen atoms in total. The van der Waals surface area contributed by atoms with Crippen molar-refractivity contribution in [1.82, 2.24) is 10.6 Å². The standard InChI is InChI=1S/C15H27N3/c1-2-16-15(18-14-5-6-14)17-8-7-13-10-11-3-4-12(13)9-11/h11-14H,2-10H2,1H3,(H2,16,17,18). The van der Waals surface area contributed by atoms with Crippen molar-refractivity contribution in [2.24, 2.45) is 22.7 Å². The third-order valence-corrected chi connectivity index (χ3v) is 4.92. The molecule has 0 amide bonds. The van der Waals surface area contributed by atoms with E-state index < -0.39 is 0 Å². The third kappa shape index (κ3) is 2.99. The zero-order valence-electron chi connectivity index (χ0n) is 11.6. The first kappa shape index (κ1) is 12.3. The lowest BCUT2D eigenvalue weighted by Gasteiger charge is -2.20. The van der Waals surface area contributed by atoms with E-state index in [1.54, 1.807) is 0 Å². The van der Waals surface area contributed by atoms with Gasteiger partial charge in [-0.05, 0) is 63.2 Å². The average molecular weight is 249 g/mol. The van der Waals surface area contributed by atoms with E-state index in [1.807, 2.05) is 0 Å². The van der Waals surface area contributed by atoms with Gasteiger partial charge in [0, 0.05) is 19.1 Å². The van der Waals surface area contributed by atoms with Gasteiger partial charge in [-0.3, -0.25) is 4.99 Å². The van der Waals surface area contributed by atoms with Crippen LogP contribution in [0.2, 0.25) is 0 Å². The Kier molecular flexibility index (Phi) is 3.76. The maximum atomic E-state index is 4.74. The van der Waals surface area contributed by atoms with Gasteiger partial charge in [-0.2, -0.15) is 0 Å². The molecule has 0 aliphatic heterocycles. The molecule has 0 saturated heterocycles. The van der Waals surface area contributed by atoms with E-state index in [2.05, 4.69) is 17.6 Å². The Labute approximate surface area is 111 Å². The number of hydrogen-bond donors (Lipinski definition) is 2. The summed E-state index contributed by atoms with van der Waals surface area (Å²) in [5, 5.41) is 6.84. The second-order valence-electron chi connectivity index (χ2n) is 6.40. The van der Waals surface area contributed by atoms with Crippen LogP contribution in [0.1, 0.15) is 51.9 Å². The molecule has 0 aromatic rings. The van der Waals surface area contributed by atoms with E-state index in [-0.39, 0.29) is 0 Å². The molecule has 2 N–H and O–H groups in total. The Bertz CT molecular complexity index is 309. The normalized spacial score (nSPS) is 34.9. The predicted molar refractivity (Wildman–Crippen MR) is 75.7 cm³/mol. The summed E-state index contributed by atoms with van der Waals surface area (Å²) in [4.78, 5) is 4.74. The highest BCUT2D eigenvalue weighted by Gasteiger charge is 2.38. The number of nitrogens with zero attached hydrogens (tertiary/aromatic N) is 1. The van der Waals surface area contributed by atoms with E-state index in [0.29, 0.717) is 6.04 Å². The highest BCUT2D eigenvalue weighted by Crippen LogP contribution is 2.49. The number of rotatable bonds is 5. The fourth-order valence-electron chi connectivity index (χ4n) is 3.81. The van der Waals surface area contributed by atoms with Crippen molar-refractivity contribution in [3.63, 3.8) is 0 Å². The summed E-state index contributed by atoms with van der Waals surface area (Å²) < 4.78 is 0. The van der Waals surface area contributed by atoms with Crippen molar-refractivity contribution < 1.29 is 0 Å². The minimum Gasteiger partial charge on any atom is -0.357 e. The van der Waals surface area contributed by atoms with Gasteiger partial charge in [-0.25, -0.2) is 0 Å². The molecule has 0 aromatic carbocycles. The van der Waals surface area contributed by atoms with E-state index >= 15 is 0 Å². The lowest BCUT2D eigenvalue weighted by Crippen LogP contribution is -2.38. The molecule has 0 spiro atoms. The molecule has 2 bridgehead atoms. The lowest BCUT2D eigenvalue weighted by molar-refractivity contribution is 0.318. The third-order valence-electron chi connectivity index (χ3n) is 4.92. The molecule has 18 heavy (non-hydrogen) atoms. The number of guanidine groups is 1. The summed E-state index contributed by atoms with van der Waals surface area (Å²) in [5.41, 5.74) is 0. The maximum Gasteiger partial charge on any atom is 0.191 e. The molecule has 0 heterocycles. The summed E-state index contributed by atoms with van der Waals surface area (Å²) in [6, 6.07) is 0.699. The molecule has 3 aliphatic carbocycles. The number of hydrogen-bond acceptors (Lipinski definition) is 1. The average Bonchev–Trinajstić information content (AvgIpc) is 2.94. The Balaban J connectivity index is 1.43. The number of aliphatic imine (C=N–C) groups is 1. The highest BCUT2D eigenvalue weighted by molar-refractivity contribution is 5.80. The van der Waals surface area contributed by atoms with Crippen molar-refractivity contribution in [2.75, 3.05) is 13.1 Å². The van der Waals surface area contributed by atoms with Gasteiger partial charge < -0.3 is 10.6 Å². The van der Waals surface area contributed by atoms with Crippen LogP contribution in [0.5, 0.6) is 0 Å². The molecular weight excluding hydrogens is 222 g/mol. The topological polar surface area (TPSA) is 36.4 Å². The van der Waals surface area contributed by atoms with E-state index in [0.717, 1.165) is 36.8 Å². The SMILES string of the molecule is CCNC(=NCCC1CC2CCC1C2)NC1CC1. The predicted octanol–water partition coefficient (Wildman–Crippen LogP) is 2.53. The van der Waals surface area contributed by atoms with Gasteiger partial charge in [0.25, 0.3) is 0 Å². The summed E-state index contributed by atoms with van der Waals surface area (Å²) >= 11 is 0. The molecule has 3 rings (SSSR count). The van der Waals surface area contributed by atoms with E-state index in [9.17, 15) is 0 Å². The van der Waals surface area contributed by atoms with Gasteiger partial charge >= 0.3 is 0 Å². The van der Waals surface area contributed by atoms with Crippen LogP contribution >= 0.6 is 0 Å². The van der Waals surface area contributed by atoms with Gasteiger partial charge in [0.05, 0.1) is 0 Å². The monoisotopic (exact) mass is 249 g/mol. The van der Waals surface area contributed by atoms with E-state index in [1.165, 1.54) is 44.9 Å². The van der Waals surface area contributed by atoms with Crippen LogP contribution in [-0.4, -0.2) is 25.1 Å². The zero-order valence-corrected chi connectivity index (χ0v) is 11.6. The fraction of sp³-hybridized carbons (Fsp3) is 0.933. The van der Waals surface area contributed by atoms with Crippen molar-refractivity contribution in [3.05, 3.63) is 0 Å². The molecular formula is C15H27N3. The summed E-state index contributed by atoms with van der Waals surface area (Å²) in [7, 11) is 0. The Morgan fingerprint density at radius 3 is 2.67 bits per heavy atom. The van der Waals surface area contributed by atoms with Gasteiger partial charge in [0.1, 0.15) is 0 Å². The Morgan fingerprint density at radius 1 is 1.17 bits per heavy atom. The Morgan fingerprint density at radius 2 is 2.06 bits per heavy atom. The van der Waals surface area contributed by atoms with Crippen LogP contribution in [0, 0.1) is 17.8 Å². The highest BCUT2D eigenvalue weighted by atomic mass is 15.2. The van der Waals surface area contributed by atoms with E-state index in [4.69, 9.17) is 4.99 Å². The van der Waals surface area contributed by atoms with Crippen LogP contribution in [0.3, 0.4) is 0 Å². The lowest BCUT2D eigenvalue weighted by atomic mass is 9.86. The Hall–Kier alpha value is -0.730. The van der Waals surface area contributed by atoms with Crippen LogP contribution in [0.15, 0.2) is 4.99 Å². The van der Waals surface area contributed by atoms with Crippen molar-refractivity contribution in [1.29, 1.82) is 0 Å². The smallest absolute Gasteiger partial charge is 0.191 e. The largest absolute Gasteiger partial charge is 0.357 e. The summed E-state index contributed by atoms with van der Waals surface area (Å²) in [6.07, 6.45) is 9.97. The van der Waals surface area contributed by atoms with Crippen LogP contribution < -0.4 is 10.6 Å². The van der Waals surface area contributed by atoms with Crippen LogP contribution in [0.25, 0.3) is 0 Å². The van der Waals surface area contributed by atoms with Gasteiger partial charge in [-0.1, -0.05) is 6.42 Å². The number of fused-ring (bicyclic) bond motifs is 2. The fourth-order valence-corrected chi connectivity index (χ4v) is 3.81. The first-order valence-corrected chi connectivity index (χ1v) is 7.90.